The fraction of sp³-hybridized carbons (Fsp3) is 0.500. The zero-order valence-electron chi connectivity index (χ0n) is 16.1. The summed E-state index contributed by atoms with van der Waals surface area (Å²) >= 11 is 0. The summed E-state index contributed by atoms with van der Waals surface area (Å²) in [5.74, 6) is 1.54. The van der Waals surface area contributed by atoms with Crippen molar-refractivity contribution >= 4 is 16.8 Å². The van der Waals surface area contributed by atoms with E-state index >= 15 is 0 Å². The van der Waals surface area contributed by atoms with E-state index in [1.54, 1.807) is 13.2 Å². The monoisotopic (exact) mass is 387 g/mol. The van der Waals surface area contributed by atoms with Crippen LogP contribution in [0.3, 0.4) is 0 Å². The number of aliphatic imine (C=N–C) groups is 1. The van der Waals surface area contributed by atoms with Gasteiger partial charge in [-0.05, 0) is 30.9 Å². The Balaban J connectivity index is 1.60. The Morgan fingerprint density at radius 3 is 2.96 bits per heavy atom. The Morgan fingerprint density at radius 2 is 2.22 bits per heavy atom. The highest BCUT2D eigenvalue weighted by Crippen LogP contribution is 2.23. The SMILES string of the molecule is CCS(=O)C1CCCC(NC(=NC)NCc2ccccc2-n2ccnc2)C1. The van der Waals surface area contributed by atoms with Gasteiger partial charge in [0, 0.05) is 53.8 Å². The molecule has 1 heterocycles. The predicted octanol–water partition coefficient (Wildman–Crippen LogP) is 2.62. The summed E-state index contributed by atoms with van der Waals surface area (Å²) in [7, 11) is 1.08. The molecule has 2 aromatic rings. The van der Waals surface area contributed by atoms with Gasteiger partial charge in [-0.3, -0.25) is 9.20 Å². The van der Waals surface area contributed by atoms with Crippen molar-refractivity contribution in [3.05, 3.63) is 48.5 Å². The normalized spacial score (nSPS) is 21.6. The van der Waals surface area contributed by atoms with E-state index in [9.17, 15) is 4.21 Å². The molecule has 1 aliphatic carbocycles. The summed E-state index contributed by atoms with van der Waals surface area (Å²) in [5.41, 5.74) is 2.28. The summed E-state index contributed by atoms with van der Waals surface area (Å²) in [5, 5.41) is 7.25. The van der Waals surface area contributed by atoms with Gasteiger partial charge in [0.25, 0.3) is 0 Å². The van der Waals surface area contributed by atoms with Gasteiger partial charge in [-0.25, -0.2) is 4.98 Å². The quantitative estimate of drug-likeness (QED) is 0.590. The van der Waals surface area contributed by atoms with Gasteiger partial charge in [0.05, 0.1) is 12.0 Å². The lowest BCUT2D eigenvalue weighted by molar-refractivity contribution is 0.413. The molecule has 1 aromatic carbocycles. The average molecular weight is 388 g/mol. The maximum Gasteiger partial charge on any atom is 0.191 e. The Morgan fingerprint density at radius 1 is 1.37 bits per heavy atom. The van der Waals surface area contributed by atoms with Crippen LogP contribution in [0.4, 0.5) is 0 Å². The van der Waals surface area contributed by atoms with Crippen LogP contribution in [0.2, 0.25) is 0 Å². The minimum absolute atomic E-state index is 0.307. The number of hydrogen-bond acceptors (Lipinski definition) is 3. The second-order valence-electron chi connectivity index (χ2n) is 6.82. The van der Waals surface area contributed by atoms with Gasteiger partial charge in [0.2, 0.25) is 0 Å². The summed E-state index contributed by atoms with van der Waals surface area (Å²) in [6.45, 7) is 2.68. The third-order valence-corrected chi connectivity index (χ3v) is 6.81. The number of rotatable bonds is 6. The van der Waals surface area contributed by atoms with Gasteiger partial charge in [0.1, 0.15) is 0 Å². The van der Waals surface area contributed by atoms with Crippen LogP contribution in [0.15, 0.2) is 48.0 Å². The van der Waals surface area contributed by atoms with E-state index in [-0.39, 0.29) is 0 Å². The van der Waals surface area contributed by atoms with Gasteiger partial charge in [-0.2, -0.15) is 0 Å². The highest BCUT2D eigenvalue weighted by molar-refractivity contribution is 7.85. The molecule has 0 spiro atoms. The molecule has 1 saturated carbocycles. The van der Waals surface area contributed by atoms with E-state index in [1.165, 1.54) is 5.56 Å². The van der Waals surface area contributed by atoms with Crippen molar-refractivity contribution in [3.8, 4) is 5.69 Å². The number of nitrogens with one attached hydrogen (secondary N) is 2. The Labute approximate surface area is 164 Å². The maximum absolute atomic E-state index is 12.2. The second kappa shape index (κ2) is 9.69. The number of para-hydroxylation sites is 1. The van der Waals surface area contributed by atoms with Crippen molar-refractivity contribution in [1.82, 2.24) is 20.2 Å². The summed E-state index contributed by atoms with van der Waals surface area (Å²) in [4.78, 5) is 8.52. The lowest BCUT2D eigenvalue weighted by Gasteiger charge is -2.30. The van der Waals surface area contributed by atoms with Crippen molar-refractivity contribution in [3.63, 3.8) is 0 Å². The lowest BCUT2D eigenvalue weighted by Crippen LogP contribution is -2.46. The van der Waals surface area contributed by atoms with Gasteiger partial charge in [-0.1, -0.05) is 31.5 Å². The lowest BCUT2D eigenvalue weighted by atomic mass is 9.95. The van der Waals surface area contributed by atoms with Crippen LogP contribution in [0.25, 0.3) is 5.69 Å². The summed E-state index contributed by atoms with van der Waals surface area (Å²) in [6, 6.07) is 8.59. The molecule has 3 unspecified atom stereocenters. The van der Waals surface area contributed by atoms with Gasteiger partial charge >= 0.3 is 0 Å². The predicted molar refractivity (Wildman–Crippen MR) is 112 cm³/mol. The number of imidazole rings is 1. The first-order valence-electron chi connectivity index (χ1n) is 9.61. The smallest absolute Gasteiger partial charge is 0.191 e. The van der Waals surface area contributed by atoms with Crippen LogP contribution in [0, 0.1) is 0 Å². The first-order chi connectivity index (χ1) is 13.2. The molecule has 1 fully saturated rings. The molecule has 0 amide bonds. The molecule has 1 aliphatic rings. The minimum atomic E-state index is -0.714. The van der Waals surface area contributed by atoms with E-state index in [4.69, 9.17) is 0 Å². The molecule has 6 nitrogen and oxygen atoms in total. The summed E-state index contributed by atoms with van der Waals surface area (Å²) in [6.07, 6.45) is 9.78. The average Bonchev–Trinajstić information content (AvgIpc) is 3.25. The Bertz CT molecular complexity index is 774. The molecule has 1 aromatic heterocycles. The maximum atomic E-state index is 12.2. The fourth-order valence-electron chi connectivity index (χ4n) is 3.63. The number of hydrogen-bond donors (Lipinski definition) is 2. The van der Waals surface area contributed by atoms with E-state index in [0.29, 0.717) is 17.8 Å². The molecule has 3 rings (SSSR count). The van der Waals surface area contributed by atoms with Crippen LogP contribution in [-0.4, -0.2) is 43.8 Å². The van der Waals surface area contributed by atoms with Gasteiger partial charge in [0.15, 0.2) is 5.96 Å². The fourth-order valence-corrected chi connectivity index (χ4v) is 4.98. The standard InChI is InChI=1S/C20H29N5OS/c1-3-27(26)18-9-6-8-17(13-18)24-20(21-2)23-14-16-7-4-5-10-19(16)25-12-11-22-15-25/h4-5,7,10-12,15,17-18H,3,6,8-9,13-14H2,1-2H3,(H2,21,23,24). The Hall–Kier alpha value is -2.15. The zero-order valence-corrected chi connectivity index (χ0v) is 16.9. The van der Waals surface area contributed by atoms with E-state index in [1.807, 2.05) is 36.1 Å². The molecule has 0 aliphatic heterocycles. The number of aromatic nitrogens is 2. The molecule has 27 heavy (non-hydrogen) atoms. The van der Waals surface area contributed by atoms with Crippen LogP contribution in [-0.2, 0) is 17.3 Å². The first kappa shape index (κ1) is 19.6. The molecule has 0 radical (unpaired) electrons. The second-order valence-corrected chi connectivity index (χ2v) is 8.83. The third-order valence-electron chi connectivity index (χ3n) is 5.07. The molecule has 2 N–H and O–H groups in total. The first-order valence-corrected chi connectivity index (χ1v) is 11.0. The molecule has 3 atom stereocenters. The topological polar surface area (TPSA) is 71.3 Å². The highest BCUT2D eigenvalue weighted by Gasteiger charge is 2.26. The highest BCUT2D eigenvalue weighted by atomic mass is 32.2. The van der Waals surface area contributed by atoms with Crippen LogP contribution >= 0.6 is 0 Å². The molecule has 7 heteroatoms. The zero-order chi connectivity index (χ0) is 19.1. The minimum Gasteiger partial charge on any atom is -0.354 e. The molecule has 146 valence electrons. The van der Waals surface area contributed by atoms with Crippen LogP contribution in [0.5, 0.6) is 0 Å². The molecule has 0 bridgehead atoms. The third kappa shape index (κ3) is 5.19. The van der Waals surface area contributed by atoms with Crippen LogP contribution < -0.4 is 10.6 Å². The largest absolute Gasteiger partial charge is 0.354 e. The van der Waals surface area contributed by atoms with Crippen molar-refractivity contribution in [1.29, 1.82) is 0 Å². The number of benzene rings is 1. The van der Waals surface area contributed by atoms with Crippen molar-refractivity contribution in [2.24, 2.45) is 4.99 Å². The van der Waals surface area contributed by atoms with E-state index in [2.05, 4.69) is 32.7 Å². The molecule has 0 saturated heterocycles. The number of guanidine groups is 1. The molecular weight excluding hydrogens is 358 g/mol. The number of nitrogens with zero attached hydrogens (tertiary/aromatic N) is 3. The molecular formula is C20H29N5OS. The Kier molecular flexibility index (Phi) is 7.04. The van der Waals surface area contributed by atoms with Crippen molar-refractivity contribution in [2.45, 2.75) is 50.4 Å². The van der Waals surface area contributed by atoms with Gasteiger partial charge < -0.3 is 15.2 Å². The van der Waals surface area contributed by atoms with E-state index < -0.39 is 10.8 Å². The van der Waals surface area contributed by atoms with E-state index in [0.717, 1.165) is 43.1 Å². The van der Waals surface area contributed by atoms with Crippen molar-refractivity contribution < 1.29 is 4.21 Å². The van der Waals surface area contributed by atoms with Gasteiger partial charge in [-0.15, -0.1) is 0 Å². The van der Waals surface area contributed by atoms with Crippen LogP contribution in [0.1, 0.15) is 38.2 Å². The van der Waals surface area contributed by atoms with Crippen molar-refractivity contribution in [2.75, 3.05) is 12.8 Å². The summed E-state index contributed by atoms with van der Waals surface area (Å²) < 4.78 is 14.2.